The number of hydrazone groups is 1. The Morgan fingerprint density at radius 2 is 1.66 bits per heavy atom. The molecule has 3 rings (SSSR count). The molecule has 2 aromatic carbocycles. The number of ether oxygens (including phenoxy) is 3. The molecule has 1 heterocycles. The summed E-state index contributed by atoms with van der Waals surface area (Å²) in [5.41, 5.74) is 2.64. The lowest BCUT2D eigenvalue weighted by Crippen LogP contribution is -2.47. The molecule has 0 unspecified atom stereocenters. The molecule has 0 saturated heterocycles. The minimum atomic E-state index is -0.298. The summed E-state index contributed by atoms with van der Waals surface area (Å²) >= 11 is 0. The fourth-order valence-electron chi connectivity index (χ4n) is 3.82. The van der Waals surface area contributed by atoms with Crippen LogP contribution in [0, 0.1) is 0 Å². The summed E-state index contributed by atoms with van der Waals surface area (Å²) < 4.78 is 15.7. The number of benzene rings is 2. The standard InChI is InChI=1S/C26H34N4O5/c1-5-14-27-26(32)29(15-16-33-2)18-25(31)30-24(20-8-12-22(35-4)13-9-20)17-23(28-30)19-6-10-21(34-3)11-7-19/h6-13,24H,5,14-18H2,1-4H3,(H,27,32)/t24-/m0/s1. The van der Waals surface area contributed by atoms with Gasteiger partial charge in [-0.05, 0) is 53.9 Å². The van der Waals surface area contributed by atoms with E-state index in [9.17, 15) is 9.59 Å². The van der Waals surface area contributed by atoms with Crippen LogP contribution >= 0.6 is 0 Å². The highest BCUT2D eigenvalue weighted by Gasteiger charge is 2.34. The maximum absolute atomic E-state index is 13.5. The molecule has 9 nitrogen and oxygen atoms in total. The van der Waals surface area contributed by atoms with Crippen LogP contribution in [0.15, 0.2) is 53.6 Å². The van der Waals surface area contributed by atoms with Gasteiger partial charge in [0.15, 0.2) is 0 Å². The SMILES string of the molecule is CCCNC(=O)N(CCOC)CC(=O)N1N=C(c2ccc(OC)cc2)C[C@H]1c1ccc(OC)cc1. The molecule has 0 aliphatic carbocycles. The number of methoxy groups -OCH3 is 3. The van der Waals surface area contributed by atoms with Crippen LogP contribution in [0.3, 0.4) is 0 Å². The van der Waals surface area contributed by atoms with E-state index in [2.05, 4.69) is 5.32 Å². The van der Waals surface area contributed by atoms with Gasteiger partial charge in [-0.3, -0.25) is 4.79 Å². The molecule has 1 atom stereocenters. The number of nitrogens with one attached hydrogen (secondary N) is 1. The number of urea groups is 1. The van der Waals surface area contributed by atoms with E-state index in [0.29, 0.717) is 26.1 Å². The van der Waals surface area contributed by atoms with Crippen molar-refractivity contribution < 1.29 is 23.8 Å². The second-order valence-corrected chi connectivity index (χ2v) is 8.15. The van der Waals surface area contributed by atoms with Gasteiger partial charge in [0.25, 0.3) is 5.91 Å². The molecule has 0 fully saturated rings. The highest BCUT2D eigenvalue weighted by molar-refractivity contribution is 6.03. The van der Waals surface area contributed by atoms with E-state index < -0.39 is 0 Å². The maximum Gasteiger partial charge on any atom is 0.317 e. The van der Waals surface area contributed by atoms with Crippen molar-refractivity contribution in [2.75, 3.05) is 47.6 Å². The molecule has 0 bridgehead atoms. The van der Waals surface area contributed by atoms with Crippen LogP contribution in [-0.4, -0.2) is 75.1 Å². The lowest BCUT2D eigenvalue weighted by Gasteiger charge is -2.27. The van der Waals surface area contributed by atoms with Gasteiger partial charge in [-0.25, -0.2) is 9.80 Å². The molecule has 2 aromatic rings. The molecule has 3 amide bonds. The summed E-state index contributed by atoms with van der Waals surface area (Å²) in [7, 11) is 4.80. The number of nitrogens with zero attached hydrogens (tertiary/aromatic N) is 3. The molecule has 1 aliphatic rings. The first-order valence-electron chi connectivity index (χ1n) is 11.7. The summed E-state index contributed by atoms with van der Waals surface area (Å²) in [6.07, 6.45) is 1.35. The normalized spacial score (nSPS) is 14.9. The van der Waals surface area contributed by atoms with Gasteiger partial charge in [-0.15, -0.1) is 0 Å². The Labute approximate surface area is 206 Å². The zero-order chi connectivity index (χ0) is 25.2. The average molecular weight is 483 g/mol. The van der Waals surface area contributed by atoms with Gasteiger partial charge in [-0.2, -0.15) is 5.10 Å². The molecule has 0 spiro atoms. The zero-order valence-corrected chi connectivity index (χ0v) is 20.8. The molecule has 0 saturated carbocycles. The average Bonchev–Trinajstić information content (AvgIpc) is 3.35. The third kappa shape index (κ3) is 6.73. The van der Waals surface area contributed by atoms with E-state index in [1.165, 1.54) is 9.91 Å². The van der Waals surface area contributed by atoms with Crippen molar-refractivity contribution in [1.29, 1.82) is 0 Å². The Morgan fingerprint density at radius 3 is 2.23 bits per heavy atom. The number of hydrogen-bond donors (Lipinski definition) is 1. The Balaban J connectivity index is 1.87. The summed E-state index contributed by atoms with van der Waals surface area (Å²) in [5.74, 6) is 1.22. The van der Waals surface area contributed by atoms with Crippen molar-refractivity contribution in [3.05, 3.63) is 59.7 Å². The smallest absolute Gasteiger partial charge is 0.317 e. The number of amides is 3. The van der Waals surface area contributed by atoms with Crippen molar-refractivity contribution in [2.24, 2.45) is 5.10 Å². The molecule has 9 heteroatoms. The minimum Gasteiger partial charge on any atom is -0.497 e. The van der Waals surface area contributed by atoms with Crippen LogP contribution < -0.4 is 14.8 Å². The second-order valence-electron chi connectivity index (χ2n) is 8.15. The van der Waals surface area contributed by atoms with Crippen LogP contribution in [0.1, 0.15) is 36.9 Å². The summed E-state index contributed by atoms with van der Waals surface area (Å²) in [6, 6.07) is 14.6. The van der Waals surface area contributed by atoms with E-state index in [-0.39, 0.29) is 24.5 Å². The first-order chi connectivity index (χ1) is 17.0. The highest BCUT2D eigenvalue weighted by atomic mass is 16.5. The van der Waals surface area contributed by atoms with Gasteiger partial charge in [0, 0.05) is 26.6 Å². The van der Waals surface area contributed by atoms with E-state index >= 15 is 0 Å². The summed E-state index contributed by atoms with van der Waals surface area (Å²) in [6.45, 7) is 3.03. The molecule has 1 aliphatic heterocycles. The molecule has 188 valence electrons. The van der Waals surface area contributed by atoms with Gasteiger partial charge in [0.05, 0.1) is 32.6 Å². The third-order valence-electron chi connectivity index (χ3n) is 5.79. The summed E-state index contributed by atoms with van der Waals surface area (Å²) in [4.78, 5) is 27.6. The number of hydrogen-bond acceptors (Lipinski definition) is 6. The maximum atomic E-state index is 13.5. The van der Waals surface area contributed by atoms with E-state index in [1.807, 2.05) is 55.5 Å². The van der Waals surface area contributed by atoms with E-state index in [4.69, 9.17) is 19.3 Å². The van der Waals surface area contributed by atoms with Crippen LogP contribution in [0.25, 0.3) is 0 Å². The molecule has 35 heavy (non-hydrogen) atoms. The van der Waals surface area contributed by atoms with Crippen molar-refractivity contribution in [3.63, 3.8) is 0 Å². The Hall–Kier alpha value is -3.59. The van der Waals surface area contributed by atoms with Gasteiger partial charge in [0.2, 0.25) is 0 Å². The quantitative estimate of drug-likeness (QED) is 0.530. The van der Waals surface area contributed by atoms with Crippen molar-refractivity contribution in [1.82, 2.24) is 15.2 Å². The monoisotopic (exact) mass is 482 g/mol. The Bertz CT molecular complexity index is 1010. The Kier molecular flexibility index (Phi) is 9.48. The van der Waals surface area contributed by atoms with Crippen LogP contribution in [0.5, 0.6) is 11.5 Å². The molecule has 1 N–H and O–H groups in total. The summed E-state index contributed by atoms with van der Waals surface area (Å²) in [5, 5.41) is 9.04. The fourth-order valence-corrected chi connectivity index (χ4v) is 3.82. The minimum absolute atomic E-state index is 0.106. The molecular formula is C26H34N4O5. The predicted octanol–water partition coefficient (Wildman–Crippen LogP) is 3.45. The van der Waals surface area contributed by atoms with Gasteiger partial charge >= 0.3 is 6.03 Å². The first kappa shape index (κ1) is 26.0. The van der Waals surface area contributed by atoms with Crippen molar-refractivity contribution >= 4 is 17.6 Å². The Morgan fingerprint density at radius 1 is 1.03 bits per heavy atom. The number of rotatable bonds is 11. The van der Waals surface area contributed by atoms with Crippen LogP contribution in [-0.2, 0) is 9.53 Å². The third-order valence-corrected chi connectivity index (χ3v) is 5.79. The topological polar surface area (TPSA) is 92.7 Å². The predicted molar refractivity (Wildman–Crippen MR) is 134 cm³/mol. The van der Waals surface area contributed by atoms with E-state index in [0.717, 1.165) is 34.8 Å². The lowest BCUT2D eigenvalue weighted by molar-refractivity contribution is -0.133. The van der Waals surface area contributed by atoms with Gasteiger partial charge in [-0.1, -0.05) is 19.1 Å². The number of carbonyl (C=O) groups excluding carboxylic acids is 2. The zero-order valence-electron chi connectivity index (χ0n) is 20.8. The largest absolute Gasteiger partial charge is 0.497 e. The number of carbonyl (C=O) groups is 2. The first-order valence-corrected chi connectivity index (χ1v) is 11.7. The van der Waals surface area contributed by atoms with E-state index in [1.54, 1.807) is 21.3 Å². The molecular weight excluding hydrogens is 448 g/mol. The fraction of sp³-hybridized carbons (Fsp3) is 0.423. The molecule has 0 radical (unpaired) electrons. The van der Waals surface area contributed by atoms with Crippen molar-refractivity contribution in [2.45, 2.75) is 25.8 Å². The van der Waals surface area contributed by atoms with Gasteiger partial charge < -0.3 is 24.4 Å². The van der Waals surface area contributed by atoms with Crippen LogP contribution in [0.2, 0.25) is 0 Å². The highest BCUT2D eigenvalue weighted by Crippen LogP contribution is 2.34. The molecule has 0 aromatic heterocycles. The second kappa shape index (κ2) is 12.8. The van der Waals surface area contributed by atoms with Crippen molar-refractivity contribution in [3.8, 4) is 11.5 Å². The van der Waals surface area contributed by atoms with Crippen LogP contribution in [0.4, 0.5) is 4.79 Å². The lowest BCUT2D eigenvalue weighted by atomic mass is 9.98. The van der Waals surface area contributed by atoms with Gasteiger partial charge in [0.1, 0.15) is 18.0 Å².